The number of carboxylic acids is 1. The molecule has 2 aromatic carbocycles. The molecule has 0 radical (unpaired) electrons. The van der Waals surface area contributed by atoms with Crippen LogP contribution in [0.5, 0.6) is 0 Å². The molecule has 3 heterocycles. The van der Waals surface area contributed by atoms with Crippen LogP contribution in [0.25, 0.3) is 0 Å². The average Bonchev–Trinajstić information content (AvgIpc) is 3.65. The number of aliphatic hydroxyl groups is 2. The first-order valence-corrected chi connectivity index (χ1v) is 17.6. The zero-order chi connectivity index (χ0) is 38.7. The Hall–Kier alpha value is -5.27. The van der Waals surface area contributed by atoms with Crippen molar-refractivity contribution in [3.63, 3.8) is 0 Å². The van der Waals surface area contributed by atoms with Gasteiger partial charge in [-0.3, -0.25) is 25.0 Å². The number of aliphatic hydroxyl groups excluding tert-OH is 2. The van der Waals surface area contributed by atoms with Gasteiger partial charge in [-0.1, -0.05) is 6.92 Å². The molecule has 0 bridgehead atoms. The van der Waals surface area contributed by atoms with Crippen LogP contribution in [-0.2, 0) is 32.3 Å². The number of aliphatic carboxylic acids is 1. The molecule has 3 aliphatic rings. The first-order valence-electron chi connectivity index (χ1n) is 16.7. The number of nitrogens with zero attached hydrogens (tertiary/aromatic N) is 5. The molecule has 5 rings (SSSR count). The number of carbonyl (C=O) groups excluding carboxylic acids is 3. The maximum atomic E-state index is 13.5. The maximum absolute atomic E-state index is 13.5. The first-order chi connectivity index (χ1) is 25.1. The summed E-state index contributed by atoms with van der Waals surface area (Å²) >= 11 is 1.20. The fourth-order valence-corrected chi connectivity index (χ4v) is 8.40. The molecule has 2 fully saturated rings. The van der Waals surface area contributed by atoms with E-state index in [4.69, 9.17) is 9.47 Å². The summed E-state index contributed by atoms with van der Waals surface area (Å²) < 4.78 is 10.8. The summed E-state index contributed by atoms with van der Waals surface area (Å²) in [6.07, 6.45) is -3.44. The van der Waals surface area contributed by atoms with Crippen LogP contribution in [0, 0.1) is 32.1 Å². The molecular formula is C34H39N5O13S. The Bertz CT molecular complexity index is 1790. The zero-order valence-electron chi connectivity index (χ0n) is 29.0. The van der Waals surface area contributed by atoms with Gasteiger partial charge in [0.05, 0.1) is 40.1 Å². The first kappa shape index (κ1) is 38.9. The number of nitro benzene ring substituents is 2. The van der Waals surface area contributed by atoms with E-state index in [1.807, 2.05) is 0 Å². The molecule has 3 aliphatic heterocycles. The van der Waals surface area contributed by atoms with Crippen molar-refractivity contribution in [2.24, 2.45) is 11.8 Å². The number of benzene rings is 2. The number of fused-ring (bicyclic) bond motifs is 1. The van der Waals surface area contributed by atoms with E-state index in [1.165, 1.54) is 89.0 Å². The van der Waals surface area contributed by atoms with Gasteiger partial charge in [0.25, 0.3) is 11.4 Å². The van der Waals surface area contributed by atoms with Gasteiger partial charge in [-0.25, -0.2) is 14.4 Å². The van der Waals surface area contributed by atoms with Crippen molar-refractivity contribution in [1.82, 2.24) is 14.7 Å². The molecule has 19 heteroatoms. The Labute approximate surface area is 307 Å². The average molecular weight is 758 g/mol. The van der Waals surface area contributed by atoms with E-state index in [0.29, 0.717) is 16.0 Å². The van der Waals surface area contributed by atoms with Gasteiger partial charge in [-0.15, -0.1) is 11.8 Å². The van der Waals surface area contributed by atoms with Gasteiger partial charge in [-0.2, -0.15) is 0 Å². The Morgan fingerprint density at radius 3 is 2.04 bits per heavy atom. The van der Waals surface area contributed by atoms with E-state index in [9.17, 15) is 54.7 Å². The molecular weight excluding hydrogens is 718 g/mol. The maximum Gasteiger partial charge on any atom is 0.410 e. The molecule has 18 nitrogen and oxygen atoms in total. The second-order valence-corrected chi connectivity index (χ2v) is 14.5. The van der Waals surface area contributed by atoms with Crippen LogP contribution in [0.15, 0.2) is 59.1 Å². The Kier molecular flexibility index (Phi) is 11.9. The van der Waals surface area contributed by atoms with E-state index >= 15 is 0 Å². The van der Waals surface area contributed by atoms with Crippen molar-refractivity contribution in [3.05, 3.63) is 90.5 Å². The molecule has 2 unspecified atom stereocenters. The quantitative estimate of drug-likeness (QED) is 0.142. The van der Waals surface area contributed by atoms with Crippen molar-refractivity contribution in [2.75, 3.05) is 20.1 Å². The van der Waals surface area contributed by atoms with E-state index < -0.39 is 75.3 Å². The summed E-state index contributed by atoms with van der Waals surface area (Å²) in [5, 5.41) is 53.2. The Morgan fingerprint density at radius 2 is 1.53 bits per heavy atom. The second-order valence-electron chi connectivity index (χ2n) is 13.2. The molecule has 284 valence electrons. The molecule has 53 heavy (non-hydrogen) atoms. The summed E-state index contributed by atoms with van der Waals surface area (Å²) in [6, 6.07) is 9.61. The van der Waals surface area contributed by atoms with Gasteiger partial charge in [0.15, 0.2) is 0 Å². The van der Waals surface area contributed by atoms with Gasteiger partial charge in [0.1, 0.15) is 18.9 Å². The number of nitro groups is 2. The number of amides is 3. The number of thioether (sulfide) groups is 1. The van der Waals surface area contributed by atoms with Crippen LogP contribution < -0.4 is 0 Å². The summed E-state index contributed by atoms with van der Waals surface area (Å²) in [7, 11) is 1.46. The summed E-state index contributed by atoms with van der Waals surface area (Å²) in [5.74, 6) is -2.94. The van der Waals surface area contributed by atoms with Crippen molar-refractivity contribution in [2.45, 2.75) is 69.4 Å². The molecule has 7 atom stereocenters. The van der Waals surface area contributed by atoms with Crippen LogP contribution in [-0.4, -0.2) is 114 Å². The lowest BCUT2D eigenvalue weighted by Gasteiger charge is -2.46. The molecule has 3 N–H and O–H groups in total. The van der Waals surface area contributed by atoms with E-state index in [1.54, 1.807) is 6.92 Å². The number of β-lactam (4-membered cyclic amide) rings is 1. The number of carboxylic acid groups (broad SMARTS) is 1. The SMILES string of the molecule is CC(O)[C@H]1C(=O)N2C(C(=O)O)=C(S[C@H]3C[C@@H](C(O)CCN(C)C(=O)OCc4ccc([N+](=O)[O-])cc4)N(C(=O)OCc4ccc([N+](=O)[O-])cc4)C3)[C@H](C)[C@H]12. The second kappa shape index (κ2) is 16.2. The lowest BCUT2D eigenvalue weighted by Crippen LogP contribution is -2.63. The van der Waals surface area contributed by atoms with Gasteiger partial charge in [0.2, 0.25) is 5.91 Å². The van der Waals surface area contributed by atoms with Crippen LogP contribution in [0.3, 0.4) is 0 Å². The third kappa shape index (κ3) is 8.36. The van der Waals surface area contributed by atoms with Gasteiger partial charge in [0, 0.05) is 60.5 Å². The minimum Gasteiger partial charge on any atom is -0.477 e. The monoisotopic (exact) mass is 757 g/mol. The lowest BCUT2D eigenvalue weighted by molar-refractivity contribution is -0.385. The predicted octanol–water partition coefficient (Wildman–Crippen LogP) is 3.49. The molecule has 0 aliphatic carbocycles. The zero-order valence-corrected chi connectivity index (χ0v) is 29.8. The fourth-order valence-electron chi connectivity index (χ4n) is 6.86. The van der Waals surface area contributed by atoms with Crippen LogP contribution in [0.2, 0.25) is 0 Å². The van der Waals surface area contributed by atoms with Crippen LogP contribution >= 0.6 is 11.8 Å². The van der Waals surface area contributed by atoms with Gasteiger partial charge < -0.3 is 39.5 Å². The number of ether oxygens (including phenoxy) is 2. The molecule has 0 aromatic heterocycles. The number of likely N-dealkylation sites (tertiary alicyclic amines) is 1. The molecule has 2 saturated heterocycles. The predicted molar refractivity (Wildman–Crippen MR) is 186 cm³/mol. The number of hydrogen-bond donors (Lipinski definition) is 3. The van der Waals surface area contributed by atoms with Crippen LogP contribution in [0.4, 0.5) is 21.0 Å². The number of rotatable bonds is 14. The molecule has 3 amide bonds. The summed E-state index contributed by atoms with van der Waals surface area (Å²) in [4.78, 5) is 76.4. The lowest BCUT2D eigenvalue weighted by atomic mass is 9.79. The highest BCUT2D eigenvalue weighted by Crippen LogP contribution is 2.52. The molecule has 2 aromatic rings. The highest BCUT2D eigenvalue weighted by atomic mass is 32.2. The number of non-ortho nitro benzene ring substituents is 2. The highest BCUT2D eigenvalue weighted by molar-refractivity contribution is 8.03. The Balaban J connectivity index is 1.26. The van der Waals surface area contributed by atoms with Crippen molar-refractivity contribution in [3.8, 4) is 0 Å². The highest BCUT2D eigenvalue weighted by Gasteiger charge is 2.60. The number of hydrogen-bond acceptors (Lipinski definition) is 13. The normalized spacial score (nSPS) is 23.2. The van der Waals surface area contributed by atoms with Gasteiger partial charge in [-0.05, 0) is 55.2 Å². The third-order valence-corrected chi connectivity index (χ3v) is 11.2. The minimum atomic E-state index is -1.29. The largest absolute Gasteiger partial charge is 0.477 e. The smallest absolute Gasteiger partial charge is 0.410 e. The van der Waals surface area contributed by atoms with Gasteiger partial charge >= 0.3 is 18.2 Å². The van der Waals surface area contributed by atoms with Crippen LogP contribution in [0.1, 0.15) is 37.8 Å². The fraction of sp³-hybridized carbons (Fsp3) is 0.471. The minimum absolute atomic E-state index is 0.0111. The van der Waals surface area contributed by atoms with E-state index in [2.05, 4.69) is 0 Å². The number of carbonyl (C=O) groups is 4. The molecule has 0 spiro atoms. The Morgan fingerprint density at radius 1 is 0.981 bits per heavy atom. The third-order valence-electron chi connectivity index (χ3n) is 9.68. The summed E-state index contributed by atoms with van der Waals surface area (Å²) in [5.41, 5.74) is 0.607. The van der Waals surface area contributed by atoms with E-state index in [0.717, 1.165) is 0 Å². The molecule has 0 saturated carbocycles. The van der Waals surface area contributed by atoms with Crippen molar-refractivity contribution in [1.29, 1.82) is 0 Å². The van der Waals surface area contributed by atoms with Crippen molar-refractivity contribution >= 4 is 47.2 Å². The standard InChI is InChI=1S/C34H39N5O13S/c1-18-28-27(19(2)40)31(42)37(28)29(32(43)44)30(18)53-24-14-25(36(15-24)34(46)52-17-21-6-10-23(11-7-21)39(49)50)26(41)12-13-35(3)33(45)51-16-20-4-8-22(9-5-20)38(47)48/h4-11,18-19,24-28,40-41H,12-17H2,1-3H3,(H,43,44)/t18-,19?,24+,25+,26?,27-,28-/m1/s1. The topological polar surface area (TPSA) is 243 Å². The van der Waals surface area contributed by atoms with E-state index in [-0.39, 0.29) is 56.2 Å². The van der Waals surface area contributed by atoms with Crippen molar-refractivity contribution < 1.29 is 53.8 Å². The summed E-state index contributed by atoms with van der Waals surface area (Å²) in [6.45, 7) is 2.96.